The van der Waals surface area contributed by atoms with E-state index < -0.39 is 5.97 Å². The Morgan fingerprint density at radius 2 is 2.22 bits per heavy atom. The number of hydrogen-bond acceptors (Lipinski definition) is 5. The van der Waals surface area contributed by atoms with Crippen molar-refractivity contribution >= 4 is 17.3 Å². The van der Waals surface area contributed by atoms with E-state index >= 15 is 0 Å². The lowest BCUT2D eigenvalue weighted by molar-refractivity contribution is 0.0702. The molecule has 0 bridgehead atoms. The third-order valence-corrected chi connectivity index (χ3v) is 3.13. The van der Waals surface area contributed by atoms with Crippen molar-refractivity contribution in [3.05, 3.63) is 33.9 Å². The Morgan fingerprint density at radius 3 is 2.83 bits per heavy atom. The van der Waals surface area contributed by atoms with Crippen molar-refractivity contribution in [3.63, 3.8) is 0 Å². The lowest BCUT2D eigenvalue weighted by Gasteiger charge is -2.04. The van der Waals surface area contributed by atoms with Gasteiger partial charge in [0.25, 0.3) is 0 Å². The highest BCUT2D eigenvalue weighted by Gasteiger charge is 2.09. The van der Waals surface area contributed by atoms with Crippen molar-refractivity contribution in [2.45, 2.75) is 20.3 Å². The molecule has 0 aliphatic rings. The van der Waals surface area contributed by atoms with Gasteiger partial charge in [-0.05, 0) is 13.3 Å². The number of hydrogen-bond donors (Lipinski definition) is 1. The predicted molar refractivity (Wildman–Crippen MR) is 67.5 cm³/mol. The average Bonchev–Trinajstić information content (AvgIpc) is 2.76. The summed E-state index contributed by atoms with van der Waals surface area (Å²) in [6.45, 7) is 3.79. The van der Waals surface area contributed by atoms with E-state index in [0.29, 0.717) is 17.5 Å². The first-order valence-corrected chi connectivity index (χ1v) is 6.30. The monoisotopic (exact) mass is 264 g/mol. The summed E-state index contributed by atoms with van der Waals surface area (Å²) in [6, 6.07) is 3.24. The van der Waals surface area contributed by atoms with Crippen LogP contribution >= 0.6 is 11.3 Å². The minimum Gasteiger partial charge on any atom is -0.477 e. The quantitative estimate of drug-likeness (QED) is 0.919. The molecule has 5 nitrogen and oxygen atoms in total. The Bertz CT molecular complexity index is 580. The lowest BCUT2D eigenvalue weighted by atomic mass is 10.3. The summed E-state index contributed by atoms with van der Waals surface area (Å²) in [6.07, 6.45) is 0.795. The van der Waals surface area contributed by atoms with E-state index in [0.717, 1.165) is 23.5 Å². The lowest BCUT2D eigenvalue weighted by Crippen LogP contribution is -1.97. The van der Waals surface area contributed by atoms with Crippen LogP contribution in [0.4, 0.5) is 0 Å². The third kappa shape index (κ3) is 2.84. The summed E-state index contributed by atoms with van der Waals surface area (Å²) in [5, 5.41) is 10.5. The van der Waals surface area contributed by atoms with Gasteiger partial charge in [-0.1, -0.05) is 6.92 Å². The van der Waals surface area contributed by atoms with E-state index in [9.17, 15) is 4.79 Å². The molecule has 2 aromatic heterocycles. The minimum atomic E-state index is -0.956. The highest BCUT2D eigenvalue weighted by atomic mass is 32.1. The summed E-state index contributed by atoms with van der Waals surface area (Å²) in [5.74, 6) is 0.604. The van der Waals surface area contributed by atoms with Gasteiger partial charge in [0.15, 0.2) is 0 Å². The van der Waals surface area contributed by atoms with Crippen molar-refractivity contribution in [1.82, 2.24) is 9.97 Å². The van der Waals surface area contributed by atoms with Gasteiger partial charge in [0.1, 0.15) is 16.5 Å². The van der Waals surface area contributed by atoms with Crippen LogP contribution in [0.25, 0.3) is 0 Å². The van der Waals surface area contributed by atoms with E-state index in [1.807, 2.05) is 6.92 Å². The molecule has 0 radical (unpaired) electrons. The van der Waals surface area contributed by atoms with Gasteiger partial charge in [0, 0.05) is 23.2 Å². The molecular weight excluding hydrogens is 252 g/mol. The Morgan fingerprint density at radius 1 is 1.44 bits per heavy atom. The summed E-state index contributed by atoms with van der Waals surface area (Å²) >= 11 is 1.12. The topological polar surface area (TPSA) is 72.3 Å². The van der Waals surface area contributed by atoms with Crippen molar-refractivity contribution in [2.24, 2.45) is 0 Å². The number of aromatic nitrogens is 2. The number of nitrogens with zero attached hydrogens (tertiary/aromatic N) is 2. The van der Waals surface area contributed by atoms with Crippen LogP contribution in [-0.4, -0.2) is 21.0 Å². The molecule has 0 aliphatic carbocycles. The van der Waals surface area contributed by atoms with Gasteiger partial charge in [-0.2, -0.15) is 4.98 Å². The fraction of sp³-hybridized carbons (Fsp3) is 0.250. The van der Waals surface area contributed by atoms with Crippen LogP contribution in [0.2, 0.25) is 0 Å². The standard InChI is InChI=1S/C12H12N2O3S/c1-3-8-4-11(14-7(2)13-8)17-9-5-10(12(15)16)18-6-9/h4-6H,3H2,1-2H3,(H,15,16). The highest BCUT2D eigenvalue weighted by molar-refractivity contribution is 7.12. The summed E-state index contributed by atoms with van der Waals surface area (Å²) < 4.78 is 5.53. The van der Waals surface area contributed by atoms with Crippen LogP contribution in [0, 0.1) is 6.92 Å². The number of aromatic carboxylic acids is 1. The van der Waals surface area contributed by atoms with Crippen LogP contribution < -0.4 is 4.74 Å². The van der Waals surface area contributed by atoms with Gasteiger partial charge in [-0.15, -0.1) is 11.3 Å². The largest absolute Gasteiger partial charge is 0.477 e. The van der Waals surface area contributed by atoms with E-state index in [1.54, 1.807) is 18.4 Å². The second-order valence-corrected chi connectivity index (χ2v) is 4.56. The van der Waals surface area contributed by atoms with E-state index in [2.05, 4.69) is 9.97 Å². The van der Waals surface area contributed by atoms with Crippen LogP contribution in [0.5, 0.6) is 11.6 Å². The number of carboxylic acids is 1. The summed E-state index contributed by atoms with van der Waals surface area (Å²) in [5.41, 5.74) is 0.895. The fourth-order valence-corrected chi connectivity index (χ4v) is 2.08. The van der Waals surface area contributed by atoms with Gasteiger partial charge in [0.05, 0.1) is 0 Å². The number of carboxylic acid groups (broad SMARTS) is 1. The maximum atomic E-state index is 10.8. The van der Waals surface area contributed by atoms with Crippen LogP contribution in [-0.2, 0) is 6.42 Å². The smallest absolute Gasteiger partial charge is 0.346 e. The Balaban J connectivity index is 2.22. The van der Waals surface area contributed by atoms with E-state index in [1.165, 1.54) is 6.07 Å². The second kappa shape index (κ2) is 5.14. The average molecular weight is 264 g/mol. The zero-order chi connectivity index (χ0) is 13.1. The summed E-state index contributed by atoms with van der Waals surface area (Å²) in [4.78, 5) is 19.4. The third-order valence-electron chi connectivity index (χ3n) is 2.24. The molecule has 0 saturated carbocycles. The Labute approximate surface area is 108 Å². The SMILES string of the molecule is CCc1cc(Oc2csc(C(=O)O)c2)nc(C)n1. The van der Waals surface area contributed by atoms with Gasteiger partial charge < -0.3 is 9.84 Å². The van der Waals surface area contributed by atoms with Crippen molar-refractivity contribution in [3.8, 4) is 11.6 Å². The molecule has 0 amide bonds. The van der Waals surface area contributed by atoms with Crippen LogP contribution in [0.1, 0.15) is 28.1 Å². The minimum absolute atomic E-state index is 0.242. The first-order chi connectivity index (χ1) is 8.58. The normalized spacial score (nSPS) is 10.3. The van der Waals surface area contributed by atoms with Gasteiger partial charge in [-0.25, -0.2) is 9.78 Å². The first kappa shape index (κ1) is 12.5. The fourth-order valence-electron chi connectivity index (χ4n) is 1.44. The van der Waals surface area contributed by atoms with Crippen LogP contribution in [0.15, 0.2) is 17.5 Å². The van der Waals surface area contributed by atoms with E-state index in [4.69, 9.17) is 9.84 Å². The second-order valence-electron chi connectivity index (χ2n) is 3.65. The molecule has 6 heteroatoms. The van der Waals surface area contributed by atoms with Crippen LogP contribution in [0.3, 0.4) is 0 Å². The number of ether oxygens (including phenoxy) is 1. The zero-order valence-electron chi connectivity index (χ0n) is 10.0. The number of thiophene rings is 1. The summed E-state index contributed by atoms with van der Waals surface area (Å²) in [7, 11) is 0. The number of aryl methyl sites for hydroxylation is 2. The predicted octanol–water partition coefficient (Wildman–Crippen LogP) is 2.90. The Hall–Kier alpha value is -1.95. The number of rotatable bonds is 4. The van der Waals surface area contributed by atoms with Crippen molar-refractivity contribution in [1.29, 1.82) is 0 Å². The molecule has 0 aromatic carbocycles. The molecule has 0 aliphatic heterocycles. The van der Waals surface area contributed by atoms with Crippen molar-refractivity contribution in [2.75, 3.05) is 0 Å². The maximum absolute atomic E-state index is 10.8. The molecule has 0 unspecified atom stereocenters. The molecule has 0 spiro atoms. The molecule has 0 fully saturated rings. The van der Waals surface area contributed by atoms with Gasteiger partial charge in [-0.3, -0.25) is 0 Å². The zero-order valence-corrected chi connectivity index (χ0v) is 10.8. The van der Waals surface area contributed by atoms with Gasteiger partial charge >= 0.3 is 5.97 Å². The van der Waals surface area contributed by atoms with Gasteiger partial charge in [0.2, 0.25) is 5.88 Å². The molecule has 18 heavy (non-hydrogen) atoms. The van der Waals surface area contributed by atoms with E-state index in [-0.39, 0.29) is 4.88 Å². The molecule has 2 rings (SSSR count). The van der Waals surface area contributed by atoms with Crippen molar-refractivity contribution < 1.29 is 14.6 Å². The molecular formula is C12H12N2O3S. The molecule has 2 aromatic rings. The molecule has 1 N–H and O–H groups in total. The Kier molecular flexibility index (Phi) is 3.57. The number of carbonyl (C=O) groups is 1. The molecule has 0 saturated heterocycles. The molecule has 2 heterocycles. The molecule has 0 atom stereocenters. The molecule has 94 valence electrons. The maximum Gasteiger partial charge on any atom is 0.346 e. The first-order valence-electron chi connectivity index (χ1n) is 5.42. The highest BCUT2D eigenvalue weighted by Crippen LogP contribution is 2.26.